The minimum atomic E-state index is -0.124. The van der Waals surface area contributed by atoms with Crippen LogP contribution in [0.25, 0.3) is 0 Å². The van der Waals surface area contributed by atoms with Crippen molar-refractivity contribution in [2.24, 2.45) is 0 Å². The SMILES string of the molecule is Cc1cccc2c1NC(=O)C21CC1. The van der Waals surface area contributed by atoms with E-state index in [1.54, 1.807) is 0 Å². The Labute approximate surface area is 77.0 Å². The van der Waals surface area contributed by atoms with E-state index in [0.717, 1.165) is 18.5 Å². The molecule has 1 saturated carbocycles. The predicted molar refractivity (Wildman–Crippen MR) is 50.7 cm³/mol. The van der Waals surface area contributed by atoms with Crippen LogP contribution < -0.4 is 5.32 Å². The molecule has 1 aromatic carbocycles. The molecule has 66 valence electrons. The molecule has 0 aromatic heterocycles. The smallest absolute Gasteiger partial charge is 0.235 e. The van der Waals surface area contributed by atoms with Crippen LogP contribution >= 0.6 is 0 Å². The molecule has 0 radical (unpaired) electrons. The second-order valence-electron chi connectivity index (χ2n) is 4.03. The lowest BCUT2D eigenvalue weighted by Gasteiger charge is -2.04. The van der Waals surface area contributed by atoms with E-state index < -0.39 is 0 Å². The van der Waals surface area contributed by atoms with E-state index in [2.05, 4.69) is 11.4 Å². The first-order valence-electron chi connectivity index (χ1n) is 4.66. The van der Waals surface area contributed by atoms with E-state index in [0.29, 0.717) is 0 Å². The van der Waals surface area contributed by atoms with Gasteiger partial charge in [0.05, 0.1) is 5.41 Å². The lowest BCUT2D eigenvalue weighted by Crippen LogP contribution is -2.18. The van der Waals surface area contributed by atoms with Gasteiger partial charge in [-0.05, 0) is 30.9 Å². The van der Waals surface area contributed by atoms with Gasteiger partial charge in [0.15, 0.2) is 0 Å². The quantitative estimate of drug-likeness (QED) is 0.638. The summed E-state index contributed by atoms with van der Waals surface area (Å²) in [7, 11) is 0. The predicted octanol–water partition coefficient (Wildman–Crippen LogP) is 1.98. The van der Waals surface area contributed by atoms with Crippen molar-refractivity contribution in [1.82, 2.24) is 0 Å². The molecule has 1 fully saturated rings. The molecule has 1 aliphatic heterocycles. The lowest BCUT2D eigenvalue weighted by atomic mass is 9.96. The van der Waals surface area contributed by atoms with E-state index in [1.807, 2.05) is 19.1 Å². The summed E-state index contributed by atoms with van der Waals surface area (Å²) in [4.78, 5) is 11.7. The first kappa shape index (κ1) is 7.13. The number of anilines is 1. The fraction of sp³-hybridized carbons (Fsp3) is 0.364. The largest absolute Gasteiger partial charge is 0.325 e. The van der Waals surface area contributed by atoms with Crippen molar-refractivity contribution >= 4 is 11.6 Å². The lowest BCUT2D eigenvalue weighted by molar-refractivity contribution is -0.117. The second kappa shape index (κ2) is 1.95. The molecule has 0 saturated heterocycles. The van der Waals surface area contributed by atoms with Crippen LogP contribution in [0.1, 0.15) is 24.0 Å². The molecular weight excluding hydrogens is 162 g/mol. The first-order valence-corrected chi connectivity index (χ1v) is 4.66. The Kier molecular flexibility index (Phi) is 1.07. The van der Waals surface area contributed by atoms with Crippen molar-refractivity contribution in [2.75, 3.05) is 5.32 Å². The van der Waals surface area contributed by atoms with E-state index in [1.165, 1.54) is 11.1 Å². The van der Waals surface area contributed by atoms with Gasteiger partial charge in [-0.2, -0.15) is 0 Å². The number of benzene rings is 1. The Hall–Kier alpha value is -1.31. The molecule has 3 rings (SSSR count). The highest BCUT2D eigenvalue weighted by molar-refractivity contribution is 6.08. The first-order chi connectivity index (χ1) is 6.24. The minimum absolute atomic E-state index is 0.124. The maximum atomic E-state index is 11.7. The van der Waals surface area contributed by atoms with Gasteiger partial charge in [0, 0.05) is 5.69 Å². The summed E-state index contributed by atoms with van der Waals surface area (Å²) in [6, 6.07) is 6.16. The highest BCUT2D eigenvalue weighted by Gasteiger charge is 2.56. The number of nitrogens with one attached hydrogen (secondary N) is 1. The normalized spacial score (nSPS) is 21.5. The molecule has 1 spiro atoms. The number of hydrogen-bond acceptors (Lipinski definition) is 1. The maximum absolute atomic E-state index is 11.7. The number of amides is 1. The van der Waals surface area contributed by atoms with E-state index >= 15 is 0 Å². The van der Waals surface area contributed by atoms with Crippen LogP contribution in [0, 0.1) is 6.92 Å². The van der Waals surface area contributed by atoms with Gasteiger partial charge in [0.2, 0.25) is 5.91 Å². The van der Waals surface area contributed by atoms with Gasteiger partial charge in [-0.25, -0.2) is 0 Å². The molecule has 0 atom stereocenters. The van der Waals surface area contributed by atoms with Crippen molar-refractivity contribution in [2.45, 2.75) is 25.2 Å². The molecule has 1 aliphatic carbocycles. The molecule has 1 N–H and O–H groups in total. The number of carbonyl (C=O) groups is 1. The highest BCUT2D eigenvalue weighted by atomic mass is 16.2. The Balaban J connectivity index is 2.28. The second-order valence-corrected chi connectivity index (χ2v) is 4.03. The maximum Gasteiger partial charge on any atom is 0.235 e. The monoisotopic (exact) mass is 173 g/mol. The van der Waals surface area contributed by atoms with Crippen LogP contribution in [-0.4, -0.2) is 5.91 Å². The van der Waals surface area contributed by atoms with Crippen LogP contribution in [-0.2, 0) is 10.2 Å². The van der Waals surface area contributed by atoms with Crippen LogP contribution in [0.15, 0.2) is 18.2 Å². The number of hydrogen-bond donors (Lipinski definition) is 1. The zero-order valence-electron chi connectivity index (χ0n) is 7.55. The average molecular weight is 173 g/mol. The fourth-order valence-corrected chi connectivity index (χ4v) is 2.21. The summed E-state index contributed by atoms with van der Waals surface area (Å²) in [5.41, 5.74) is 3.33. The number of aryl methyl sites for hydroxylation is 1. The van der Waals surface area contributed by atoms with Gasteiger partial charge in [0.25, 0.3) is 0 Å². The van der Waals surface area contributed by atoms with E-state index in [-0.39, 0.29) is 11.3 Å². The molecule has 0 unspecified atom stereocenters. The van der Waals surface area contributed by atoms with Crippen LogP contribution in [0.2, 0.25) is 0 Å². The van der Waals surface area contributed by atoms with Crippen molar-refractivity contribution in [3.63, 3.8) is 0 Å². The molecule has 2 heteroatoms. The third-order valence-electron chi connectivity index (χ3n) is 3.21. The molecule has 1 amide bonds. The summed E-state index contributed by atoms with van der Waals surface area (Å²) < 4.78 is 0. The summed E-state index contributed by atoms with van der Waals surface area (Å²) in [6.07, 6.45) is 2.05. The Morgan fingerprint density at radius 2 is 2.15 bits per heavy atom. The fourth-order valence-electron chi connectivity index (χ4n) is 2.21. The molecular formula is C11H11NO. The Morgan fingerprint density at radius 3 is 2.85 bits per heavy atom. The van der Waals surface area contributed by atoms with Gasteiger partial charge in [-0.1, -0.05) is 18.2 Å². The van der Waals surface area contributed by atoms with Gasteiger partial charge >= 0.3 is 0 Å². The van der Waals surface area contributed by atoms with Crippen molar-refractivity contribution in [3.8, 4) is 0 Å². The molecule has 1 heterocycles. The zero-order chi connectivity index (χ0) is 9.05. The third kappa shape index (κ3) is 0.711. The number of para-hydroxylation sites is 1. The van der Waals surface area contributed by atoms with E-state index in [4.69, 9.17) is 0 Å². The molecule has 0 bridgehead atoms. The summed E-state index contributed by atoms with van der Waals surface area (Å²) >= 11 is 0. The highest BCUT2D eigenvalue weighted by Crippen LogP contribution is 2.55. The van der Waals surface area contributed by atoms with Crippen LogP contribution in [0.5, 0.6) is 0 Å². The Bertz CT molecular complexity index is 405. The average Bonchev–Trinajstić information content (AvgIpc) is 2.83. The number of carbonyl (C=O) groups excluding carboxylic acids is 1. The summed E-state index contributed by atoms with van der Waals surface area (Å²) in [6.45, 7) is 2.04. The van der Waals surface area contributed by atoms with Gasteiger partial charge in [-0.3, -0.25) is 4.79 Å². The van der Waals surface area contributed by atoms with E-state index in [9.17, 15) is 4.79 Å². The van der Waals surface area contributed by atoms with Crippen molar-refractivity contribution in [3.05, 3.63) is 29.3 Å². The number of rotatable bonds is 0. The molecule has 13 heavy (non-hydrogen) atoms. The zero-order valence-corrected chi connectivity index (χ0v) is 7.55. The van der Waals surface area contributed by atoms with Gasteiger partial charge in [0.1, 0.15) is 0 Å². The van der Waals surface area contributed by atoms with Crippen LogP contribution in [0.4, 0.5) is 5.69 Å². The molecule has 2 aliphatic rings. The van der Waals surface area contributed by atoms with Crippen molar-refractivity contribution < 1.29 is 4.79 Å². The minimum Gasteiger partial charge on any atom is -0.325 e. The summed E-state index contributed by atoms with van der Waals surface area (Å²) in [5.74, 6) is 0.205. The summed E-state index contributed by atoms with van der Waals surface area (Å²) in [5, 5.41) is 2.98. The van der Waals surface area contributed by atoms with Gasteiger partial charge < -0.3 is 5.32 Å². The van der Waals surface area contributed by atoms with Gasteiger partial charge in [-0.15, -0.1) is 0 Å². The number of fused-ring (bicyclic) bond motifs is 2. The Morgan fingerprint density at radius 1 is 1.38 bits per heavy atom. The topological polar surface area (TPSA) is 29.1 Å². The third-order valence-corrected chi connectivity index (χ3v) is 3.21. The van der Waals surface area contributed by atoms with Crippen molar-refractivity contribution in [1.29, 1.82) is 0 Å². The molecule has 1 aromatic rings. The molecule has 2 nitrogen and oxygen atoms in total. The standard InChI is InChI=1S/C11H11NO/c1-7-3-2-4-8-9(7)12-10(13)11(8)5-6-11/h2-4H,5-6H2,1H3,(H,12,13). The van der Waals surface area contributed by atoms with Crippen LogP contribution in [0.3, 0.4) is 0 Å².